The summed E-state index contributed by atoms with van der Waals surface area (Å²) in [6, 6.07) is 5.73. The average molecular weight is 750 g/mol. The molecule has 8 N–H and O–H groups in total. The van der Waals surface area contributed by atoms with Crippen LogP contribution in [0.5, 0.6) is 5.75 Å². The summed E-state index contributed by atoms with van der Waals surface area (Å²) in [6.45, 7) is 1.20. The zero-order valence-corrected chi connectivity index (χ0v) is 31.2. The highest BCUT2D eigenvalue weighted by atomic mass is 16.7. The quantitative estimate of drug-likeness (QED) is 0.0293. The smallest absolute Gasteiger partial charge is 0.259 e. The van der Waals surface area contributed by atoms with Crippen LogP contribution in [0.1, 0.15) is 122 Å². The Morgan fingerprint density at radius 1 is 0.811 bits per heavy atom. The maximum absolute atomic E-state index is 12.9. The number of unbranched alkanes of at least 4 members (excludes halogenated alkanes) is 11. The first kappa shape index (κ1) is 44.5. The van der Waals surface area contributed by atoms with E-state index in [1.807, 2.05) is 6.92 Å². The van der Waals surface area contributed by atoms with Gasteiger partial charge in [-0.1, -0.05) is 89.7 Å². The maximum Gasteiger partial charge on any atom is 0.259 e. The second kappa shape index (κ2) is 23.8. The first-order valence-electron chi connectivity index (χ1n) is 19.6. The van der Waals surface area contributed by atoms with Crippen LogP contribution in [0.15, 0.2) is 35.6 Å². The molecule has 300 valence electrons. The lowest BCUT2D eigenvalue weighted by Gasteiger charge is -2.39. The first-order chi connectivity index (χ1) is 25.4. The monoisotopic (exact) mass is 749 g/mol. The number of Topliss-reactive ketones (excluding diaryl/α,β-unsaturated/α-hetero) is 2. The second-order valence-corrected chi connectivity index (χ2v) is 14.8. The number of hydrogen-bond donors (Lipinski definition) is 8. The molecule has 0 radical (unpaired) electrons. The van der Waals surface area contributed by atoms with Gasteiger partial charge >= 0.3 is 0 Å². The number of allylic oxidation sites excluding steroid dienone is 1. The largest absolute Gasteiger partial charge is 0.511 e. The number of aliphatic hydroxyl groups is 6. The third-order valence-corrected chi connectivity index (χ3v) is 10.3. The molecule has 0 aliphatic carbocycles. The van der Waals surface area contributed by atoms with E-state index in [4.69, 9.17) is 9.47 Å². The van der Waals surface area contributed by atoms with E-state index in [1.165, 1.54) is 12.1 Å². The van der Waals surface area contributed by atoms with E-state index in [9.17, 15) is 50.1 Å². The fourth-order valence-corrected chi connectivity index (χ4v) is 6.90. The SMILES string of the molecule is CC(CCCCCCCCC(=O)CCCCCCCCCC(O)CO[C@@H]1O[C@H](CO)[C@@H](O)[C@H](O)[C@@H]1O)/C(O)=C1\C(=O)N[C@@H](Cc2ccc(O)cc2)C1=O. The van der Waals surface area contributed by atoms with Crippen molar-refractivity contribution >= 4 is 17.5 Å². The van der Waals surface area contributed by atoms with Crippen LogP contribution in [0.2, 0.25) is 0 Å². The predicted octanol–water partition coefficient (Wildman–Crippen LogP) is 3.83. The molecule has 0 bridgehead atoms. The van der Waals surface area contributed by atoms with Gasteiger partial charge in [0.05, 0.1) is 25.4 Å². The zero-order chi connectivity index (χ0) is 38.8. The Balaban J connectivity index is 1.12. The van der Waals surface area contributed by atoms with Crippen LogP contribution >= 0.6 is 0 Å². The van der Waals surface area contributed by atoms with Crippen molar-refractivity contribution in [3.63, 3.8) is 0 Å². The summed E-state index contributed by atoms with van der Waals surface area (Å²) in [6.07, 6.45) is 7.90. The molecule has 2 heterocycles. The molecule has 0 aromatic heterocycles. The number of carbonyl (C=O) groups excluding carboxylic acids is 3. The Kier molecular flexibility index (Phi) is 20.0. The van der Waals surface area contributed by atoms with Gasteiger partial charge in [-0.25, -0.2) is 0 Å². The third-order valence-electron chi connectivity index (χ3n) is 10.3. The summed E-state index contributed by atoms with van der Waals surface area (Å²) in [4.78, 5) is 37.7. The molecular formula is C40H63NO12. The van der Waals surface area contributed by atoms with Crippen molar-refractivity contribution in [2.24, 2.45) is 5.92 Å². The number of hydrogen-bond acceptors (Lipinski definition) is 12. The van der Waals surface area contributed by atoms with Gasteiger partial charge in [0.1, 0.15) is 47.3 Å². The minimum Gasteiger partial charge on any atom is -0.511 e. The third kappa shape index (κ3) is 15.0. The highest BCUT2D eigenvalue weighted by molar-refractivity contribution is 6.27. The van der Waals surface area contributed by atoms with Crippen molar-refractivity contribution in [2.75, 3.05) is 13.2 Å². The first-order valence-corrected chi connectivity index (χ1v) is 19.6. The number of aromatic hydroxyl groups is 1. The summed E-state index contributed by atoms with van der Waals surface area (Å²) in [5.74, 6) is -0.934. The molecule has 13 heteroatoms. The number of aliphatic hydroxyl groups excluding tert-OH is 6. The minimum absolute atomic E-state index is 0.0957. The summed E-state index contributed by atoms with van der Waals surface area (Å²) in [5.41, 5.74) is 0.663. The Morgan fingerprint density at radius 2 is 1.36 bits per heavy atom. The molecule has 0 spiro atoms. The number of ether oxygens (including phenoxy) is 2. The average Bonchev–Trinajstić information content (AvgIpc) is 3.42. The van der Waals surface area contributed by atoms with Crippen molar-refractivity contribution in [2.45, 2.75) is 165 Å². The standard InChI is InChI=1S/C40H63NO12/c1-26(34(46)33-35(47)31(41-39(33)51)23-27-19-21-29(44)22-20-27)15-11-7-5-6-9-13-17-28(43)16-12-8-3-2-4-10-14-18-30(45)25-52-40-38(50)37(49)36(48)32(24-42)53-40/h19-22,26,30-32,36-38,40,42,44-46,48-50H,2-18,23-25H2,1H3,(H,41,51)/b34-33+/t26?,30?,31-,32+,36+,37-,38-,40+/m0/s1. The van der Waals surface area contributed by atoms with Gasteiger partial charge in [-0.3, -0.25) is 14.4 Å². The van der Waals surface area contributed by atoms with Crippen LogP contribution < -0.4 is 5.32 Å². The number of carbonyl (C=O) groups is 3. The molecule has 13 nitrogen and oxygen atoms in total. The van der Waals surface area contributed by atoms with Gasteiger partial charge in [0.25, 0.3) is 5.91 Å². The number of benzene rings is 1. The lowest BCUT2D eigenvalue weighted by atomic mass is 9.94. The van der Waals surface area contributed by atoms with Gasteiger partial charge in [0, 0.05) is 25.2 Å². The Hall–Kier alpha value is -2.91. The van der Waals surface area contributed by atoms with E-state index in [0.717, 1.165) is 89.0 Å². The number of ketones is 2. The summed E-state index contributed by atoms with van der Waals surface area (Å²) in [5, 5.41) is 72.0. The Bertz CT molecular complexity index is 1280. The van der Waals surface area contributed by atoms with Crippen molar-refractivity contribution in [1.82, 2.24) is 5.32 Å². The Labute approximate surface area is 313 Å². The van der Waals surface area contributed by atoms with E-state index >= 15 is 0 Å². The molecule has 2 aliphatic heterocycles. The second-order valence-electron chi connectivity index (χ2n) is 14.8. The number of rotatable bonds is 26. The van der Waals surface area contributed by atoms with Crippen LogP contribution in [0.25, 0.3) is 0 Å². The number of amides is 1. The van der Waals surface area contributed by atoms with E-state index in [1.54, 1.807) is 12.1 Å². The molecule has 2 fully saturated rings. The fraction of sp³-hybridized carbons (Fsp3) is 0.725. The molecule has 0 saturated carbocycles. The van der Waals surface area contributed by atoms with Gasteiger partial charge in [0.2, 0.25) is 0 Å². The molecule has 2 aliphatic rings. The van der Waals surface area contributed by atoms with Crippen molar-refractivity contribution < 1.29 is 59.6 Å². The molecule has 3 rings (SSSR count). The number of nitrogens with one attached hydrogen (secondary N) is 1. The molecule has 1 aromatic carbocycles. The molecule has 8 atom stereocenters. The van der Waals surface area contributed by atoms with Crippen LogP contribution in [-0.4, -0.2) is 109 Å². The van der Waals surface area contributed by atoms with Crippen LogP contribution in [-0.2, 0) is 30.3 Å². The molecule has 1 aromatic rings. The van der Waals surface area contributed by atoms with Gasteiger partial charge in [-0.2, -0.15) is 0 Å². The van der Waals surface area contributed by atoms with Crippen molar-refractivity contribution in [1.29, 1.82) is 0 Å². The van der Waals surface area contributed by atoms with Gasteiger partial charge in [-0.15, -0.1) is 0 Å². The van der Waals surface area contributed by atoms with E-state index < -0.39 is 61.1 Å². The summed E-state index contributed by atoms with van der Waals surface area (Å²) in [7, 11) is 0. The van der Waals surface area contributed by atoms with Gasteiger partial charge in [-0.05, 0) is 43.4 Å². The highest BCUT2D eigenvalue weighted by Crippen LogP contribution is 2.26. The summed E-state index contributed by atoms with van der Waals surface area (Å²) >= 11 is 0. The molecular weight excluding hydrogens is 686 g/mol. The predicted molar refractivity (Wildman–Crippen MR) is 197 cm³/mol. The van der Waals surface area contributed by atoms with Crippen molar-refractivity contribution in [3.05, 3.63) is 41.2 Å². The van der Waals surface area contributed by atoms with E-state index in [2.05, 4.69) is 5.32 Å². The molecule has 53 heavy (non-hydrogen) atoms. The van der Waals surface area contributed by atoms with Crippen molar-refractivity contribution in [3.8, 4) is 5.75 Å². The van der Waals surface area contributed by atoms with Gasteiger partial charge in [0.15, 0.2) is 12.1 Å². The Morgan fingerprint density at radius 3 is 1.94 bits per heavy atom. The lowest BCUT2D eigenvalue weighted by Crippen LogP contribution is -2.59. The topological polar surface area (TPSA) is 223 Å². The molecule has 2 saturated heterocycles. The van der Waals surface area contributed by atoms with Gasteiger partial charge < -0.3 is 50.5 Å². The normalized spacial score (nSPS) is 25.3. The minimum atomic E-state index is -1.51. The zero-order valence-electron chi connectivity index (χ0n) is 31.2. The van der Waals surface area contributed by atoms with Crippen LogP contribution in [0.3, 0.4) is 0 Å². The fourth-order valence-electron chi connectivity index (χ4n) is 6.90. The van der Waals surface area contributed by atoms with Crippen LogP contribution in [0.4, 0.5) is 0 Å². The summed E-state index contributed by atoms with van der Waals surface area (Å²) < 4.78 is 10.7. The number of phenols is 1. The highest BCUT2D eigenvalue weighted by Gasteiger charge is 2.44. The molecule has 2 unspecified atom stereocenters. The van der Waals surface area contributed by atoms with E-state index in [0.29, 0.717) is 37.9 Å². The van der Waals surface area contributed by atoms with Crippen LogP contribution in [0, 0.1) is 5.92 Å². The number of phenolic OH excluding ortho intramolecular Hbond substituents is 1. The maximum atomic E-state index is 12.9. The van der Waals surface area contributed by atoms with E-state index in [-0.39, 0.29) is 29.6 Å². The molecule has 1 amide bonds. The lowest BCUT2D eigenvalue weighted by molar-refractivity contribution is -0.304.